The summed E-state index contributed by atoms with van der Waals surface area (Å²) >= 11 is 0. The number of nitrogens with zero attached hydrogens (tertiary/aromatic N) is 3. The first-order valence-corrected chi connectivity index (χ1v) is 14.0. The molecule has 2 aromatic carbocycles. The van der Waals surface area contributed by atoms with E-state index in [2.05, 4.69) is 9.80 Å². The summed E-state index contributed by atoms with van der Waals surface area (Å²) in [5.41, 5.74) is 1.88. The predicted octanol–water partition coefficient (Wildman–Crippen LogP) is 3.70. The average Bonchev–Trinajstić information content (AvgIpc) is 3.29. The second kappa shape index (κ2) is 10.3. The van der Waals surface area contributed by atoms with E-state index in [-0.39, 0.29) is 4.90 Å². The van der Waals surface area contributed by atoms with Gasteiger partial charge in [-0.15, -0.1) is 0 Å². The lowest BCUT2D eigenvalue weighted by Crippen LogP contribution is -2.38. The van der Waals surface area contributed by atoms with Gasteiger partial charge in [-0.05, 0) is 87.2 Å². The molecule has 1 atom stereocenters. The van der Waals surface area contributed by atoms with E-state index >= 15 is 0 Å². The third-order valence-corrected chi connectivity index (χ3v) is 9.60. The zero-order chi connectivity index (χ0) is 25.2. The largest absolute Gasteiger partial charge is 0.480 e. The first-order chi connectivity index (χ1) is 16.7. The fraction of sp³-hybridized carbons (Fsp3) is 0.519. The lowest BCUT2D eigenvalue weighted by Gasteiger charge is -2.32. The highest BCUT2D eigenvalue weighted by atomic mass is 32.2. The van der Waals surface area contributed by atoms with Gasteiger partial charge in [0, 0.05) is 38.4 Å². The second-order valence-corrected chi connectivity index (χ2v) is 11.8. The number of carbonyl (C=O) groups is 1. The summed E-state index contributed by atoms with van der Waals surface area (Å²) in [4.78, 5) is 17.5. The molecule has 8 heteroatoms. The van der Waals surface area contributed by atoms with E-state index in [9.17, 15) is 18.3 Å². The Morgan fingerprint density at radius 1 is 0.943 bits per heavy atom. The van der Waals surface area contributed by atoms with Gasteiger partial charge in [-0.3, -0.25) is 4.79 Å². The summed E-state index contributed by atoms with van der Waals surface area (Å²) in [6.45, 7) is 8.26. The van der Waals surface area contributed by atoms with Crippen LogP contribution in [-0.2, 0) is 20.2 Å². The molecule has 2 heterocycles. The Bertz CT molecular complexity index is 1160. The van der Waals surface area contributed by atoms with Crippen molar-refractivity contribution in [3.63, 3.8) is 0 Å². The number of aryl methyl sites for hydroxylation is 1. The van der Waals surface area contributed by atoms with Gasteiger partial charge in [0.1, 0.15) is 5.41 Å². The van der Waals surface area contributed by atoms with Crippen LogP contribution in [-0.4, -0.2) is 75.0 Å². The summed E-state index contributed by atoms with van der Waals surface area (Å²) in [7, 11) is -1.64. The highest BCUT2D eigenvalue weighted by Crippen LogP contribution is 2.39. The van der Waals surface area contributed by atoms with Crippen molar-refractivity contribution < 1.29 is 18.3 Å². The Morgan fingerprint density at radius 2 is 1.63 bits per heavy atom. The number of likely N-dealkylation sites (N-methyl/N-ethyl adjacent to an activating group) is 1. The number of sulfonamides is 1. The average molecular weight is 500 g/mol. The van der Waals surface area contributed by atoms with E-state index in [1.54, 1.807) is 22.5 Å². The number of benzene rings is 2. The molecule has 0 bridgehead atoms. The molecule has 7 nitrogen and oxygen atoms in total. The Morgan fingerprint density at radius 3 is 2.23 bits per heavy atom. The maximum Gasteiger partial charge on any atom is 0.318 e. The molecule has 1 N–H and O–H groups in total. The van der Waals surface area contributed by atoms with Gasteiger partial charge in [0.2, 0.25) is 10.0 Å². The van der Waals surface area contributed by atoms with Crippen molar-refractivity contribution in [2.75, 3.05) is 51.2 Å². The molecule has 190 valence electrons. The van der Waals surface area contributed by atoms with E-state index in [4.69, 9.17) is 0 Å². The molecule has 0 amide bonds. The van der Waals surface area contributed by atoms with Gasteiger partial charge >= 0.3 is 5.97 Å². The Labute approximate surface area is 209 Å². The molecule has 2 saturated heterocycles. The van der Waals surface area contributed by atoms with Gasteiger partial charge in [0.25, 0.3) is 0 Å². The van der Waals surface area contributed by atoms with Crippen LogP contribution in [0.1, 0.15) is 49.3 Å². The number of carboxylic acids is 1. The molecule has 2 aromatic rings. The van der Waals surface area contributed by atoms with Crippen molar-refractivity contribution in [3.8, 4) is 0 Å². The highest BCUT2D eigenvalue weighted by Gasteiger charge is 2.42. The van der Waals surface area contributed by atoms with Crippen LogP contribution in [0.5, 0.6) is 0 Å². The normalized spacial score (nSPS) is 19.9. The van der Waals surface area contributed by atoms with Gasteiger partial charge in [-0.2, -0.15) is 4.31 Å². The number of rotatable bonds is 7. The van der Waals surface area contributed by atoms with Crippen LogP contribution in [0.2, 0.25) is 0 Å². The fourth-order valence-electron chi connectivity index (χ4n) is 5.56. The lowest BCUT2D eigenvalue weighted by atomic mass is 9.71. The zero-order valence-electron chi connectivity index (χ0n) is 21.0. The van der Waals surface area contributed by atoms with Gasteiger partial charge in [-0.1, -0.05) is 25.1 Å². The molecule has 1 unspecified atom stereocenters. The van der Waals surface area contributed by atoms with Crippen molar-refractivity contribution >= 4 is 21.7 Å². The van der Waals surface area contributed by atoms with Crippen LogP contribution in [0.3, 0.4) is 0 Å². The van der Waals surface area contributed by atoms with E-state index in [0.717, 1.165) is 31.7 Å². The molecule has 2 fully saturated rings. The topological polar surface area (TPSA) is 81.2 Å². The van der Waals surface area contributed by atoms with Crippen LogP contribution in [0, 0.1) is 6.92 Å². The Kier molecular flexibility index (Phi) is 7.54. The van der Waals surface area contributed by atoms with Gasteiger partial charge in [0.15, 0.2) is 0 Å². The SMILES string of the molecule is CCC(C(=O)O)(c1ccc(N2CCCC2)cc1)c1ccc(S(=O)(=O)N2CCCN(C)CC2)cc1C. The number of anilines is 1. The number of carboxylic acid groups (broad SMARTS) is 1. The third-order valence-electron chi connectivity index (χ3n) is 7.70. The first-order valence-electron chi connectivity index (χ1n) is 12.6. The lowest BCUT2D eigenvalue weighted by molar-refractivity contribution is -0.142. The van der Waals surface area contributed by atoms with Crippen molar-refractivity contribution in [1.82, 2.24) is 9.21 Å². The number of hydrogen-bond donors (Lipinski definition) is 1. The second-order valence-electron chi connectivity index (χ2n) is 9.84. The van der Waals surface area contributed by atoms with Crippen LogP contribution in [0.25, 0.3) is 0 Å². The summed E-state index contributed by atoms with van der Waals surface area (Å²) in [6.07, 6.45) is 3.51. The minimum Gasteiger partial charge on any atom is -0.480 e. The summed E-state index contributed by atoms with van der Waals surface area (Å²) < 4.78 is 28.3. The molecule has 4 rings (SSSR count). The molecule has 0 aliphatic carbocycles. The van der Waals surface area contributed by atoms with E-state index in [0.29, 0.717) is 42.7 Å². The molecule has 2 aliphatic heterocycles. The molecule has 2 aliphatic rings. The molecule has 0 spiro atoms. The van der Waals surface area contributed by atoms with Crippen LogP contribution >= 0.6 is 0 Å². The molecular weight excluding hydrogens is 462 g/mol. The fourth-order valence-corrected chi connectivity index (χ4v) is 7.12. The number of aliphatic carboxylic acids is 1. The molecular formula is C27H37N3O4S. The van der Waals surface area contributed by atoms with E-state index < -0.39 is 21.4 Å². The zero-order valence-corrected chi connectivity index (χ0v) is 21.9. The van der Waals surface area contributed by atoms with Crippen molar-refractivity contribution in [3.05, 3.63) is 59.2 Å². The van der Waals surface area contributed by atoms with Crippen molar-refractivity contribution in [2.24, 2.45) is 0 Å². The Balaban J connectivity index is 1.70. The smallest absolute Gasteiger partial charge is 0.318 e. The minimum absolute atomic E-state index is 0.225. The van der Waals surface area contributed by atoms with Crippen LogP contribution < -0.4 is 4.90 Å². The quantitative estimate of drug-likeness (QED) is 0.626. The first kappa shape index (κ1) is 25.7. The monoisotopic (exact) mass is 499 g/mol. The summed E-state index contributed by atoms with van der Waals surface area (Å²) in [5.74, 6) is -0.928. The maximum atomic E-state index is 13.4. The third kappa shape index (κ3) is 4.84. The molecule has 0 radical (unpaired) electrons. The molecule has 0 saturated carbocycles. The number of hydrogen-bond acceptors (Lipinski definition) is 5. The van der Waals surface area contributed by atoms with E-state index in [1.807, 2.05) is 45.2 Å². The van der Waals surface area contributed by atoms with Crippen molar-refractivity contribution in [2.45, 2.75) is 49.8 Å². The van der Waals surface area contributed by atoms with Gasteiger partial charge < -0.3 is 14.9 Å². The van der Waals surface area contributed by atoms with Crippen molar-refractivity contribution in [1.29, 1.82) is 0 Å². The van der Waals surface area contributed by atoms with Crippen LogP contribution in [0.4, 0.5) is 5.69 Å². The standard InChI is InChI=1S/C27H37N3O4S/c1-4-27(26(31)32,22-8-10-23(11-9-22)29-15-5-6-16-29)25-13-12-24(20-21(25)2)35(33,34)30-17-7-14-28(3)18-19-30/h8-13,20H,4-7,14-19H2,1-3H3,(H,31,32). The molecule has 35 heavy (non-hydrogen) atoms. The summed E-state index contributed by atoms with van der Waals surface area (Å²) in [6, 6.07) is 12.8. The Hall–Kier alpha value is -2.42. The van der Waals surface area contributed by atoms with Gasteiger partial charge in [-0.25, -0.2) is 8.42 Å². The van der Waals surface area contributed by atoms with Gasteiger partial charge in [0.05, 0.1) is 4.90 Å². The van der Waals surface area contributed by atoms with Crippen LogP contribution in [0.15, 0.2) is 47.4 Å². The maximum absolute atomic E-state index is 13.4. The minimum atomic E-state index is -3.65. The predicted molar refractivity (Wildman–Crippen MR) is 139 cm³/mol. The van der Waals surface area contributed by atoms with E-state index in [1.165, 1.54) is 12.8 Å². The molecule has 0 aromatic heterocycles. The summed E-state index contributed by atoms with van der Waals surface area (Å²) in [5, 5.41) is 10.5. The highest BCUT2D eigenvalue weighted by molar-refractivity contribution is 7.89.